The Morgan fingerprint density at radius 2 is 1.59 bits per heavy atom. The van der Waals surface area contributed by atoms with E-state index < -0.39 is 5.76 Å². The van der Waals surface area contributed by atoms with E-state index in [-0.39, 0.29) is 24.5 Å². The minimum Gasteiger partial charge on any atom is -0.326 e. The monoisotopic (exact) mass is 385 g/mol. The summed E-state index contributed by atoms with van der Waals surface area (Å²) < 4.78 is 24.6. The standard InChI is InChI=1S/C21H17F2NO2S/c22-21(23)27-18-9-7-17(8-10-18)24-20(26)12-11-19(25)16-6-5-14-3-1-2-4-15(14)13-16/h1-10,13,21H,11-12H2,(H,24,26). The molecule has 0 saturated heterocycles. The number of carbonyl (C=O) groups is 2. The van der Waals surface area contributed by atoms with Crippen molar-refractivity contribution < 1.29 is 18.4 Å². The van der Waals surface area contributed by atoms with Gasteiger partial charge < -0.3 is 5.32 Å². The lowest BCUT2D eigenvalue weighted by Crippen LogP contribution is -2.13. The smallest absolute Gasteiger partial charge is 0.288 e. The van der Waals surface area contributed by atoms with E-state index in [1.807, 2.05) is 36.4 Å². The van der Waals surface area contributed by atoms with Gasteiger partial charge in [-0.15, -0.1) is 0 Å². The number of ketones is 1. The molecular formula is C21H17F2NO2S. The lowest BCUT2D eigenvalue weighted by molar-refractivity contribution is -0.116. The van der Waals surface area contributed by atoms with Crippen LogP contribution >= 0.6 is 11.8 Å². The predicted molar refractivity (Wildman–Crippen MR) is 104 cm³/mol. The predicted octanol–water partition coefficient (Wildman–Crippen LogP) is 5.76. The normalized spacial score (nSPS) is 10.9. The van der Waals surface area contributed by atoms with E-state index in [0.29, 0.717) is 27.9 Å². The number of amides is 1. The van der Waals surface area contributed by atoms with Crippen LogP contribution in [0.3, 0.4) is 0 Å². The first-order valence-electron chi connectivity index (χ1n) is 8.38. The van der Waals surface area contributed by atoms with Gasteiger partial charge in [0.15, 0.2) is 5.78 Å². The Hall–Kier alpha value is -2.73. The maximum Gasteiger partial charge on any atom is 0.288 e. The highest BCUT2D eigenvalue weighted by Crippen LogP contribution is 2.26. The summed E-state index contributed by atoms with van der Waals surface area (Å²) in [4.78, 5) is 24.8. The second-order valence-electron chi connectivity index (χ2n) is 5.94. The molecule has 3 rings (SSSR count). The molecule has 0 aliphatic rings. The quantitative estimate of drug-likeness (QED) is 0.416. The summed E-state index contributed by atoms with van der Waals surface area (Å²) in [5, 5.41) is 4.71. The van der Waals surface area contributed by atoms with Crippen LogP contribution < -0.4 is 5.32 Å². The van der Waals surface area contributed by atoms with Crippen molar-refractivity contribution in [3.63, 3.8) is 0 Å². The van der Waals surface area contributed by atoms with Gasteiger partial charge in [-0.25, -0.2) is 0 Å². The summed E-state index contributed by atoms with van der Waals surface area (Å²) in [7, 11) is 0. The van der Waals surface area contributed by atoms with Crippen LogP contribution in [0.5, 0.6) is 0 Å². The third-order valence-electron chi connectivity index (χ3n) is 4.01. The van der Waals surface area contributed by atoms with Crippen molar-refractivity contribution in [2.45, 2.75) is 23.5 Å². The number of anilines is 1. The van der Waals surface area contributed by atoms with Gasteiger partial charge in [-0.2, -0.15) is 8.78 Å². The summed E-state index contributed by atoms with van der Waals surface area (Å²) in [5.41, 5.74) is 1.09. The van der Waals surface area contributed by atoms with Gasteiger partial charge in [-0.1, -0.05) is 48.2 Å². The summed E-state index contributed by atoms with van der Waals surface area (Å²) in [6.07, 6.45) is 0.155. The Kier molecular flexibility index (Phi) is 6.19. The number of rotatable bonds is 7. The zero-order chi connectivity index (χ0) is 19.2. The number of hydrogen-bond donors (Lipinski definition) is 1. The van der Waals surface area contributed by atoms with Crippen LogP contribution in [0.25, 0.3) is 10.8 Å². The Balaban J connectivity index is 1.54. The van der Waals surface area contributed by atoms with Crippen molar-refractivity contribution in [1.82, 2.24) is 0 Å². The molecule has 0 radical (unpaired) electrons. The fourth-order valence-corrected chi connectivity index (χ4v) is 3.18. The van der Waals surface area contributed by atoms with Crippen LogP contribution in [0.4, 0.5) is 14.5 Å². The first-order chi connectivity index (χ1) is 13.0. The van der Waals surface area contributed by atoms with Gasteiger partial charge >= 0.3 is 0 Å². The summed E-state index contributed by atoms with van der Waals surface area (Å²) in [5.74, 6) is -2.87. The van der Waals surface area contributed by atoms with Crippen LogP contribution in [-0.4, -0.2) is 17.4 Å². The molecule has 3 aromatic carbocycles. The van der Waals surface area contributed by atoms with Crippen LogP contribution in [-0.2, 0) is 4.79 Å². The highest BCUT2D eigenvalue weighted by molar-refractivity contribution is 7.99. The molecule has 27 heavy (non-hydrogen) atoms. The van der Waals surface area contributed by atoms with E-state index in [4.69, 9.17) is 0 Å². The molecule has 0 heterocycles. The number of hydrogen-bond acceptors (Lipinski definition) is 3. The largest absolute Gasteiger partial charge is 0.326 e. The summed E-state index contributed by atoms with van der Waals surface area (Å²) in [6, 6.07) is 19.4. The number of benzene rings is 3. The minimum absolute atomic E-state index is 0.0548. The number of Topliss-reactive ketones (excluding diaryl/α,β-unsaturated/α-hetero) is 1. The fourth-order valence-electron chi connectivity index (χ4n) is 2.68. The van der Waals surface area contributed by atoms with Crippen molar-refractivity contribution in [3.05, 3.63) is 72.3 Å². The van der Waals surface area contributed by atoms with Crippen molar-refractivity contribution in [2.24, 2.45) is 0 Å². The molecule has 6 heteroatoms. The molecule has 0 aliphatic heterocycles. The molecule has 3 nitrogen and oxygen atoms in total. The zero-order valence-corrected chi connectivity index (χ0v) is 15.1. The van der Waals surface area contributed by atoms with E-state index in [9.17, 15) is 18.4 Å². The van der Waals surface area contributed by atoms with Gasteiger partial charge in [0.25, 0.3) is 5.76 Å². The highest BCUT2D eigenvalue weighted by Gasteiger charge is 2.11. The SMILES string of the molecule is O=C(CCC(=O)c1ccc2ccccc2c1)Nc1ccc(SC(F)F)cc1. The van der Waals surface area contributed by atoms with Gasteiger partial charge in [0.1, 0.15) is 0 Å². The van der Waals surface area contributed by atoms with E-state index in [0.717, 1.165) is 10.8 Å². The topological polar surface area (TPSA) is 46.2 Å². The second kappa shape index (κ2) is 8.77. The molecular weight excluding hydrogens is 368 g/mol. The van der Waals surface area contributed by atoms with Crippen molar-refractivity contribution in [3.8, 4) is 0 Å². The molecule has 0 atom stereocenters. The number of fused-ring (bicyclic) bond motifs is 1. The Morgan fingerprint density at radius 1 is 0.889 bits per heavy atom. The van der Waals surface area contributed by atoms with Crippen molar-refractivity contribution in [2.75, 3.05) is 5.32 Å². The first kappa shape index (κ1) is 19.0. The molecule has 0 aromatic heterocycles. The van der Waals surface area contributed by atoms with Gasteiger partial charge in [0, 0.05) is 29.0 Å². The highest BCUT2D eigenvalue weighted by atomic mass is 32.2. The molecule has 1 N–H and O–H groups in total. The Bertz CT molecular complexity index is 958. The van der Waals surface area contributed by atoms with Crippen LogP contribution in [0, 0.1) is 0 Å². The van der Waals surface area contributed by atoms with Crippen molar-refractivity contribution >= 4 is 39.9 Å². The number of thioether (sulfide) groups is 1. The van der Waals surface area contributed by atoms with Gasteiger partial charge in [0.05, 0.1) is 0 Å². The van der Waals surface area contributed by atoms with Crippen molar-refractivity contribution in [1.29, 1.82) is 0 Å². The number of carbonyl (C=O) groups excluding carboxylic acids is 2. The third-order valence-corrected chi connectivity index (χ3v) is 4.74. The molecule has 0 fully saturated rings. The van der Waals surface area contributed by atoms with Crippen LogP contribution in [0.1, 0.15) is 23.2 Å². The second-order valence-corrected chi connectivity index (χ2v) is 7.00. The van der Waals surface area contributed by atoms with E-state index in [1.54, 1.807) is 18.2 Å². The lowest BCUT2D eigenvalue weighted by atomic mass is 10.0. The Morgan fingerprint density at radius 3 is 2.30 bits per heavy atom. The Labute approximate surface area is 159 Å². The molecule has 0 spiro atoms. The third kappa shape index (κ3) is 5.37. The number of nitrogens with one attached hydrogen (secondary N) is 1. The van der Waals surface area contributed by atoms with Gasteiger partial charge in [-0.3, -0.25) is 9.59 Å². The molecule has 138 valence electrons. The molecule has 0 saturated carbocycles. The number of halogens is 2. The first-order valence-corrected chi connectivity index (χ1v) is 9.26. The van der Waals surface area contributed by atoms with E-state index in [1.165, 1.54) is 12.1 Å². The fraction of sp³-hybridized carbons (Fsp3) is 0.143. The van der Waals surface area contributed by atoms with Crippen LogP contribution in [0.2, 0.25) is 0 Å². The average molecular weight is 385 g/mol. The minimum atomic E-state index is -2.48. The molecule has 0 aliphatic carbocycles. The molecule has 0 bridgehead atoms. The van der Waals surface area contributed by atoms with Crippen LogP contribution in [0.15, 0.2) is 71.6 Å². The molecule has 0 unspecified atom stereocenters. The van der Waals surface area contributed by atoms with Gasteiger partial charge in [-0.05, 0) is 41.1 Å². The molecule has 1 amide bonds. The van der Waals surface area contributed by atoms with Gasteiger partial charge in [0.2, 0.25) is 5.91 Å². The zero-order valence-electron chi connectivity index (χ0n) is 14.3. The number of alkyl halides is 2. The maximum absolute atomic E-state index is 12.3. The van der Waals surface area contributed by atoms with E-state index in [2.05, 4.69) is 5.32 Å². The average Bonchev–Trinajstić information content (AvgIpc) is 2.67. The summed E-state index contributed by atoms with van der Waals surface area (Å²) in [6.45, 7) is 0. The molecule has 3 aromatic rings. The summed E-state index contributed by atoms with van der Waals surface area (Å²) >= 11 is 0.448. The maximum atomic E-state index is 12.3. The lowest BCUT2D eigenvalue weighted by Gasteiger charge is -2.07. The van der Waals surface area contributed by atoms with E-state index >= 15 is 0 Å².